The lowest BCUT2D eigenvalue weighted by Crippen LogP contribution is -2.50. The molecule has 1 heterocycles. The van der Waals surface area contributed by atoms with E-state index < -0.39 is 11.5 Å². The van der Waals surface area contributed by atoms with Crippen molar-refractivity contribution in [1.82, 2.24) is 5.32 Å². The standard InChI is InChI=1S/C16H20N2O4/c1-3-21-14(19)12-7-5-11(6-8-12)13-9-16(17,10-18-13)15(20)22-4-2/h5-9,18H,3-4,10,17H2,1-2H3. The van der Waals surface area contributed by atoms with Gasteiger partial charge in [-0.3, -0.25) is 0 Å². The Morgan fingerprint density at radius 3 is 2.41 bits per heavy atom. The number of rotatable bonds is 5. The third-order valence-corrected chi connectivity index (χ3v) is 3.34. The first-order chi connectivity index (χ1) is 10.5. The molecule has 0 radical (unpaired) electrons. The van der Waals surface area contributed by atoms with Crippen molar-refractivity contribution in [3.63, 3.8) is 0 Å². The van der Waals surface area contributed by atoms with Gasteiger partial charge in [0, 0.05) is 12.2 Å². The second-order valence-corrected chi connectivity index (χ2v) is 4.97. The average Bonchev–Trinajstić information content (AvgIpc) is 2.92. The maximum absolute atomic E-state index is 11.9. The van der Waals surface area contributed by atoms with Gasteiger partial charge in [0.05, 0.1) is 18.8 Å². The molecule has 6 heteroatoms. The van der Waals surface area contributed by atoms with Gasteiger partial charge in [-0.2, -0.15) is 0 Å². The predicted molar refractivity (Wildman–Crippen MR) is 81.9 cm³/mol. The highest BCUT2D eigenvalue weighted by Gasteiger charge is 2.38. The fraction of sp³-hybridized carbons (Fsp3) is 0.375. The highest BCUT2D eigenvalue weighted by Crippen LogP contribution is 2.23. The van der Waals surface area contributed by atoms with Crippen molar-refractivity contribution >= 4 is 17.6 Å². The fourth-order valence-electron chi connectivity index (χ4n) is 2.18. The molecule has 0 aliphatic carbocycles. The van der Waals surface area contributed by atoms with Crippen LogP contribution in [0.4, 0.5) is 0 Å². The van der Waals surface area contributed by atoms with Crippen LogP contribution in [0.3, 0.4) is 0 Å². The molecule has 0 saturated heterocycles. The summed E-state index contributed by atoms with van der Waals surface area (Å²) < 4.78 is 9.92. The Labute approximate surface area is 129 Å². The number of hydrogen-bond acceptors (Lipinski definition) is 6. The van der Waals surface area contributed by atoms with E-state index in [0.29, 0.717) is 12.2 Å². The Bertz CT molecular complexity index is 595. The Hall–Kier alpha value is -2.34. The molecule has 3 N–H and O–H groups in total. The van der Waals surface area contributed by atoms with Crippen LogP contribution in [0.5, 0.6) is 0 Å². The van der Waals surface area contributed by atoms with Crippen molar-refractivity contribution < 1.29 is 19.1 Å². The molecule has 1 aliphatic heterocycles. The van der Waals surface area contributed by atoms with Gasteiger partial charge in [-0.15, -0.1) is 0 Å². The van der Waals surface area contributed by atoms with Gasteiger partial charge in [-0.05, 0) is 37.6 Å². The van der Waals surface area contributed by atoms with Crippen LogP contribution >= 0.6 is 0 Å². The number of nitrogens with one attached hydrogen (secondary N) is 1. The minimum Gasteiger partial charge on any atom is -0.464 e. The van der Waals surface area contributed by atoms with Crippen LogP contribution < -0.4 is 11.1 Å². The Kier molecular flexibility index (Phi) is 4.82. The van der Waals surface area contributed by atoms with Gasteiger partial charge in [0.2, 0.25) is 0 Å². The van der Waals surface area contributed by atoms with Crippen LogP contribution in [-0.4, -0.2) is 37.2 Å². The summed E-state index contributed by atoms with van der Waals surface area (Å²) in [6.45, 7) is 4.40. The maximum atomic E-state index is 11.9. The first-order valence-electron chi connectivity index (χ1n) is 7.20. The second-order valence-electron chi connectivity index (χ2n) is 4.97. The molecule has 2 rings (SSSR count). The van der Waals surface area contributed by atoms with Gasteiger partial charge in [0.25, 0.3) is 0 Å². The van der Waals surface area contributed by atoms with Crippen LogP contribution in [0.2, 0.25) is 0 Å². The van der Waals surface area contributed by atoms with Crippen molar-refractivity contribution in [2.24, 2.45) is 5.73 Å². The van der Waals surface area contributed by atoms with Gasteiger partial charge >= 0.3 is 11.9 Å². The van der Waals surface area contributed by atoms with E-state index in [1.165, 1.54) is 0 Å². The highest BCUT2D eigenvalue weighted by atomic mass is 16.5. The first kappa shape index (κ1) is 16.0. The molecular formula is C16H20N2O4. The third-order valence-electron chi connectivity index (χ3n) is 3.34. The van der Waals surface area contributed by atoms with E-state index >= 15 is 0 Å². The number of nitrogens with two attached hydrogens (primary N) is 1. The lowest BCUT2D eigenvalue weighted by atomic mass is 10.0. The first-order valence-corrected chi connectivity index (χ1v) is 7.20. The zero-order valence-corrected chi connectivity index (χ0v) is 12.7. The molecule has 0 bridgehead atoms. The zero-order chi connectivity index (χ0) is 16.2. The summed E-state index contributed by atoms with van der Waals surface area (Å²) in [5.74, 6) is -0.817. The lowest BCUT2D eigenvalue weighted by Gasteiger charge is -2.17. The molecule has 1 aromatic rings. The molecule has 1 atom stereocenters. The average molecular weight is 304 g/mol. The fourth-order valence-corrected chi connectivity index (χ4v) is 2.18. The van der Waals surface area contributed by atoms with Gasteiger partial charge in [-0.1, -0.05) is 12.1 Å². The van der Waals surface area contributed by atoms with E-state index in [-0.39, 0.29) is 19.1 Å². The van der Waals surface area contributed by atoms with Gasteiger partial charge in [-0.25, -0.2) is 9.59 Å². The molecule has 6 nitrogen and oxygen atoms in total. The summed E-state index contributed by atoms with van der Waals surface area (Å²) in [7, 11) is 0. The summed E-state index contributed by atoms with van der Waals surface area (Å²) in [5, 5.41) is 3.10. The molecule has 0 amide bonds. The smallest absolute Gasteiger partial charge is 0.338 e. The van der Waals surface area contributed by atoms with Crippen molar-refractivity contribution in [1.29, 1.82) is 0 Å². The monoisotopic (exact) mass is 304 g/mol. The highest BCUT2D eigenvalue weighted by molar-refractivity contribution is 5.91. The summed E-state index contributed by atoms with van der Waals surface area (Å²) in [4.78, 5) is 23.5. The molecule has 0 fully saturated rings. The summed E-state index contributed by atoms with van der Waals surface area (Å²) >= 11 is 0. The summed E-state index contributed by atoms with van der Waals surface area (Å²) in [5.41, 5.74) is 6.94. The van der Waals surface area contributed by atoms with Gasteiger partial charge in [0.15, 0.2) is 5.54 Å². The molecular weight excluding hydrogens is 284 g/mol. The van der Waals surface area contributed by atoms with E-state index in [0.717, 1.165) is 11.3 Å². The quantitative estimate of drug-likeness (QED) is 0.791. The third kappa shape index (κ3) is 3.28. The number of carbonyl (C=O) groups is 2. The SMILES string of the molecule is CCOC(=O)c1ccc(C2=CC(N)(C(=O)OCC)CN2)cc1. The van der Waals surface area contributed by atoms with E-state index in [2.05, 4.69) is 5.32 Å². The summed E-state index contributed by atoms with van der Waals surface area (Å²) in [6.07, 6.45) is 1.66. The molecule has 1 unspecified atom stereocenters. The minimum atomic E-state index is -1.16. The van der Waals surface area contributed by atoms with Crippen LogP contribution in [0.25, 0.3) is 5.70 Å². The van der Waals surface area contributed by atoms with E-state index in [4.69, 9.17) is 15.2 Å². The van der Waals surface area contributed by atoms with Crippen molar-refractivity contribution in [3.05, 3.63) is 41.5 Å². The number of benzene rings is 1. The zero-order valence-electron chi connectivity index (χ0n) is 12.7. The van der Waals surface area contributed by atoms with E-state index in [1.54, 1.807) is 44.2 Å². The van der Waals surface area contributed by atoms with Crippen LogP contribution in [-0.2, 0) is 14.3 Å². The normalized spacial score (nSPS) is 20.0. The number of ether oxygens (including phenoxy) is 2. The second kappa shape index (κ2) is 6.62. The molecule has 1 aliphatic rings. The van der Waals surface area contributed by atoms with Crippen LogP contribution in [0, 0.1) is 0 Å². The number of carbonyl (C=O) groups excluding carboxylic acids is 2. The molecule has 0 spiro atoms. The Balaban J connectivity index is 2.16. The van der Waals surface area contributed by atoms with Gasteiger partial charge < -0.3 is 20.5 Å². The maximum Gasteiger partial charge on any atom is 0.338 e. The van der Waals surface area contributed by atoms with E-state index in [9.17, 15) is 9.59 Å². The molecule has 118 valence electrons. The predicted octanol–water partition coefficient (Wildman–Crippen LogP) is 1.07. The molecule has 0 aromatic heterocycles. The van der Waals surface area contributed by atoms with Crippen molar-refractivity contribution in [2.45, 2.75) is 19.4 Å². The topological polar surface area (TPSA) is 90.7 Å². The molecule has 1 aromatic carbocycles. The molecule has 22 heavy (non-hydrogen) atoms. The largest absolute Gasteiger partial charge is 0.464 e. The number of esters is 2. The summed E-state index contributed by atoms with van der Waals surface area (Å²) in [6, 6.07) is 6.91. The number of hydrogen-bond donors (Lipinski definition) is 2. The van der Waals surface area contributed by atoms with Gasteiger partial charge in [0.1, 0.15) is 0 Å². The lowest BCUT2D eigenvalue weighted by molar-refractivity contribution is -0.147. The Morgan fingerprint density at radius 2 is 1.82 bits per heavy atom. The van der Waals surface area contributed by atoms with E-state index in [1.807, 2.05) is 0 Å². The Morgan fingerprint density at radius 1 is 1.18 bits per heavy atom. The van der Waals surface area contributed by atoms with Crippen LogP contribution in [0.15, 0.2) is 30.3 Å². The van der Waals surface area contributed by atoms with Crippen molar-refractivity contribution in [2.75, 3.05) is 19.8 Å². The minimum absolute atomic E-state index is 0.279. The molecule has 0 saturated carbocycles. The van der Waals surface area contributed by atoms with Crippen LogP contribution in [0.1, 0.15) is 29.8 Å². The van der Waals surface area contributed by atoms with Crippen molar-refractivity contribution in [3.8, 4) is 0 Å².